The molecule has 1 atom stereocenters. The molecule has 0 bridgehead atoms. The molecule has 138 valence electrons. The van der Waals surface area contributed by atoms with Gasteiger partial charge in [0.2, 0.25) is 15.9 Å². The predicted octanol–water partition coefficient (Wildman–Crippen LogP) is 3.23. The van der Waals surface area contributed by atoms with Crippen LogP contribution in [0.3, 0.4) is 0 Å². The van der Waals surface area contributed by atoms with E-state index in [9.17, 15) is 13.2 Å². The molecule has 1 heterocycles. The molecule has 1 saturated heterocycles. The highest BCUT2D eigenvalue weighted by molar-refractivity contribution is 7.89. The van der Waals surface area contributed by atoms with E-state index in [0.717, 1.165) is 22.0 Å². The summed E-state index contributed by atoms with van der Waals surface area (Å²) < 4.78 is 28.3. The van der Waals surface area contributed by atoms with Crippen molar-refractivity contribution in [3.05, 3.63) is 72.3 Å². The van der Waals surface area contributed by atoms with Crippen LogP contribution in [0.1, 0.15) is 12.0 Å². The second-order valence-electron chi connectivity index (χ2n) is 6.87. The topological polar surface area (TPSA) is 66.5 Å². The summed E-state index contributed by atoms with van der Waals surface area (Å²) in [7, 11) is -3.70. The third kappa shape index (κ3) is 3.59. The summed E-state index contributed by atoms with van der Waals surface area (Å²) in [5.74, 6) is -0.0786. The number of aryl methyl sites for hydroxylation is 1. The Hall–Kier alpha value is -2.70. The highest BCUT2D eigenvalue weighted by atomic mass is 32.2. The maximum atomic E-state index is 12.8. The molecule has 6 heteroatoms. The molecule has 0 radical (unpaired) electrons. The van der Waals surface area contributed by atoms with Gasteiger partial charge in [-0.25, -0.2) is 13.1 Å². The molecule has 27 heavy (non-hydrogen) atoms. The maximum absolute atomic E-state index is 12.8. The van der Waals surface area contributed by atoms with E-state index < -0.39 is 16.1 Å². The van der Waals surface area contributed by atoms with E-state index in [2.05, 4.69) is 4.72 Å². The number of hydrogen-bond donors (Lipinski definition) is 1. The number of nitrogens with zero attached hydrogens (tertiary/aromatic N) is 1. The first-order valence-corrected chi connectivity index (χ1v) is 10.3. The SMILES string of the molecule is Cc1ccc(N2CC(NS(=O)(=O)c3ccc4ccccc4c3)CC2=O)cc1. The molecule has 0 aliphatic carbocycles. The lowest BCUT2D eigenvalue weighted by molar-refractivity contribution is -0.117. The molecule has 4 rings (SSSR count). The third-order valence-corrected chi connectivity index (χ3v) is 6.34. The number of hydrogen-bond acceptors (Lipinski definition) is 3. The molecule has 1 amide bonds. The van der Waals surface area contributed by atoms with Crippen LogP contribution in [0.2, 0.25) is 0 Å². The van der Waals surface area contributed by atoms with Gasteiger partial charge in [0.25, 0.3) is 0 Å². The van der Waals surface area contributed by atoms with Crippen molar-refractivity contribution in [3.63, 3.8) is 0 Å². The van der Waals surface area contributed by atoms with Crippen LogP contribution in [0.25, 0.3) is 10.8 Å². The van der Waals surface area contributed by atoms with Crippen LogP contribution in [0.4, 0.5) is 5.69 Å². The van der Waals surface area contributed by atoms with Crippen LogP contribution < -0.4 is 9.62 Å². The van der Waals surface area contributed by atoms with Gasteiger partial charge in [-0.1, -0.05) is 48.0 Å². The molecule has 1 N–H and O–H groups in total. The summed E-state index contributed by atoms with van der Waals surface area (Å²) in [4.78, 5) is 14.2. The van der Waals surface area contributed by atoms with E-state index in [1.54, 1.807) is 23.1 Å². The minimum Gasteiger partial charge on any atom is -0.311 e. The van der Waals surface area contributed by atoms with Crippen molar-refractivity contribution in [3.8, 4) is 0 Å². The number of rotatable bonds is 4. The molecular formula is C21H20N2O3S. The lowest BCUT2D eigenvalue weighted by Crippen LogP contribution is -2.37. The quantitative estimate of drug-likeness (QED) is 0.756. The molecule has 1 fully saturated rings. The zero-order valence-electron chi connectivity index (χ0n) is 14.9. The molecule has 1 unspecified atom stereocenters. The molecular weight excluding hydrogens is 360 g/mol. The van der Waals surface area contributed by atoms with Gasteiger partial charge >= 0.3 is 0 Å². The van der Waals surface area contributed by atoms with E-state index >= 15 is 0 Å². The first-order chi connectivity index (χ1) is 12.9. The first kappa shape index (κ1) is 17.7. The van der Waals surface area contributed by atoms with E-state index in [1.165, 1.54) is 0 Å². The van der Waals surface area contributed by atoms with Crippen molar-refractivity contribution in [1.29, 1.82) is 0 Å². The minimum atomic E-state index is -3.70. The van der Waals surface area contributed by atoms with Crippen molar-refractivity contribution in [2.75, 3.05) is 11.4 Å². The van der Waals surface area contributed by atoms with Gasteiger partial charge < -0.3 is 4.90 Å². The van der Waals surface area contributed by atoms with Crippen molar-refractivity contribution < 1.29 is 13.2 Å². The number of carbonyl (C=O) groups is 1. The van der Waals surface area contributed by atoms with E-state index in [4.69, 9.17) is 0 Å². The molecule has 1 aliphatic rings. The van der Waals surface area contributed by atoms with Gasteiger partial charge in [-0.3, -0.25) is 4.79 Å². The lowest BCUT2D eigenvalue weighted by atomic mass is 10.1. The molecule has 3 aromatic carbocycles. The normalized spacial score (nSPS) is 17.6. The number of benzene rings is 3. The zero-order valence-corrected chi connectivity index (χ0v) is 15.7. The van der Waals surface area contributed by atoms with Crippen LogP contribution in [0.5, 0.6) is 0 Å². The van der Waals surface area contributed by atoms with Gasteiger partial charge in [-0.05, 0) is 42.0 Å². The van der Waals surface area contributed by atoms with Crippen molar-refractivity contribution in [1.82, 2.24) is 4.72 Å². The number of amides is 1. The smallest absolute Gasteiger partial charge is 0.240 e. The summed E-state index contributed by atoms with van der Waals surface area (Å²) in [5.41, 5.74) is 1.90. The van der Waals surface area contributed by atoms with Gasteiger partial charge in [-0.2, -0.15) is 0 Å². The fourth-order valence-corrected chi connectivity index (χ4v) is 4.64. The third-order valence-electron chi connectivity index (χ3n) is 4.82. The Balaban J connectivity index is 1.54. The average Bonchev–Trinajstić information content (AvgIpc) is 3.01. The fraction of sp³-hybridized carbons (Fsp3) is 0.190. The van der Waals surface area contributed by atoms with Gasteiger partial charge in [-0.15, -0.1) is 0 Å². The van der Waals surface area contributed by atoms with Gasteiger partial charge in [0, 0.05) is 24.7 Å². The van der Waals surface area contributed by atoms with E-state index in [1.807, 2.05) is 55.5 Å². The summed E-state index contributed by atoms with van der Waals surface area (Å²) in [6.45, 7) is 2.31. The Morgan fingerprint density at radius 3 is 2.41 bits per heavy atom. The van der Waals surface area contributed by atoms with Gasteiger partial charge in [0.15, 0.2) is 0 Å². The number of sulfonamides is 1. The van der Waals surface area contributed by atoms with Crippen LogP contribution in [0, 0.1) is 6.92 Å². The molecule has 3 aromatic rings. The first-order valence-electron chi connectivity index (χ1n) is 8.80. The monoisotopic (exact) mass is 380 g/mol. The molecule has 0 spiro atoms. The Morgan fingerprint density at radius 2 is 1.67 bits per heavy atom. The van der Waals surface area contributed by atoms with Crippen molar-refractivity contribution in [2.45, 2.75) is 24.3 Å². The van der Waals surface area contributed by atoms with Gasteiger partial charge in [0.1, 0.15) is 0 Å². The highest BCUT2D eigenvalue weighted by Crippen LogP contribution is 2.24. The molecule has 1 aliphatic heterocycles. The van der Waals surface area contributed by atoms with Crippen LogP contribution >= 0.6 is 0 Å². The van der Waals surface area contributed by atoms with Crippen LogP contribution in [0.15, 0.2) is 71.6 Å². The standard InChI is InChI=1S/C21H20N2O3S/c1-15-6-9-19(10-7-15)23-14-18(13-21(23)24)22-27(25,26)20-11-8-16-4-2-3-5-17(16)12-20/h2-12,18,22H,13-14H2,1H3. The summed E-state index contributed by atoms with van der Waals surface area (Å²) in [6, 6.07) is 19.9. The second-order valence-corrected chi connectivity index (χ2v) is 8.59. The van der Waals surface area contributed by atoms with Gasteiger partial charge in [0.05, 0.1) is 4.90 Å². The lowest BCUT2D eigenvalue weighted by Gasteiger charge is -2.17. The number of nitrogens with one attached hydrogen (secondary N) is 1. The van der Waals surface area contributed by atoms with E-state index in [-0.39, 0.29) is 17.2 Å². The Bertz CT molecular complexity index is 1110. The van der Waals surface area contributed by atoms with Crippen molar-refractivity contribution >= 4 is 32.4 Å². The zero-order chi connectivity index (χ0) is 19.0. The predicted molar refractivity (Wildman–Crippen MR) is 106 cm³/mol. The van der Waals surface area contributed by atoms with Crippen LogP contribution in [-0.2, 0) is 14.8 Å². The Morgan fingerprint density at radius 1 is 0.963 bits per heavy atom. The minimum absolute atomic E-state index is 0.0786. The Kier molecular flexibility index (Phi) is 4.45. The van der Waals surface area contributed by atoms with Crippen LogP contribution in [-0.4, -0.2) is 26.9 Å². The van der Waals surface area contributed by atoms with Crippen molar-refractivity contribution in [2.24, 2.45) is 0 Å². The Labute approximate surface area is 158 Å². The largest absolute Gasteiger partial charge is 0.311 e. The second kappa shape index (κ2) is 6.79. The average molecular weight is 380 g/mol. The summed E-state index contributed by atoms with van der Waals surface area (Å²) in [6.07, 6.45) is 0.153. The molecule has 0 aromatic heterocycles. The fourth-order valence-electron chi connectivity index (χ4n) is 3.38. The number of carbonyl (C=O) groups excluding carboxylic acids is 1. The van der Waals surface area contributed by atoms with E-state index in [0.29, 0.717) is 6.54 Å². The maximum Gasteiger partial charge on any atom is 0.240 e. The molecule has 0 saturated carbocycles. The summed E-state index contributed by atoms with van der Waals surface area (Å²) >= 11 is 0. The summed E-state index contributed by atoms with van der Waals surface area (Å²) in [5, 5.41) is 1.85. The molecule has 5 nitrogen and oxygen atoms in total. The number of anilines is 1. The number of fused-ring (bicyclic) bond motifs is 1. The highest BCUT2D eigenvalue weighted by Gasteiger charge is 2.33.